The van der Waals surface area contributed by atoms with Gasteiger partial charge in [0.05, 0.1) is 6.26 Å². The van der Waals surface area contributed by atoms with Crippen LogP contribution in [-0.4, -0.2) is 11.5 Å². The van der Waals surface area contributed by atoms with Crippen molar-refractivity contribution in [3.05, 3.63) is 37.4 Å². The summed E-state index contributed by atoms with van der Waals surface area (Å²) in [5, 5.41) is 0. The van der Waals surface area contributed by atoms with Gasteiger partial charge in [0.25, 0.3) is 6.47 Å². The van der Waals surface area contributed by atoms with E-state index in [0.717, 1.165) is 6.26 Å². The zero-order chi connectivity index (χ0) is 7.66. The molecule has 1 heterocycles. The number of rotatable bonds is 2. The van der Waals surface area contributed by atoms with Crippen molar-refractivity contribution in [1.29, 1.82) is 0 Å². The van der Waals surface area contributed by atoms with E-state index in [0.29, 0.717) is 6.47 Å². The van der Waals surface area contributed by atoms with Crippen molar-refractivity contribution in [2.45, 2.75) is 0 Å². The monoisotopic (exact) mass is 139 g/mol. The number of aromatic amines is 1. The molecule has 0 aliphatic heterocycles. The normalized spacial score (nSPS) is 6.80. The lowest BCUT2D eigenvalue weighted by molar-refractivity contribution is -0.123. The second kappa shape index (κ2) is 7.49. The van der Waals surface area contributed by atoms with Crippen LogP contribution >= 0.6 is 0 Å². The highest BCUT2D eigenvalue weighted by Gasteiger charge is 1.55. The molecular formula is C7H9NO2. The quantitative estimate of drug-likeness (QED) is 0.496. The van der Waals surface area contributed by atoms with Crippen molar-refractivity contribution < 1.29 is 9.53 Å². The molecule has 0 aromatic carbocycles. The van der Waals surface area contributed by atoms with Gasteiger partial charge in [-0.05, 0) is 12.1 Å². The van der Waals surface area contributed by atoms with Gasteiger partial charge in [0.2, 0.25) is 0 Å². The first-order chi connectivity index (χ1) is 4.91. The Morgan fingerprint density at radius 1 is 1.40 bits per heavy atom. The van der Waals surface area contributed by atoms with E-state index < -0.39 is 0 Å². The van der Waals surface area contributed by atoms with E-state index in [2.05, 4.69) is 16.3 Å². The molecule has 1 N–H and O–H groups in total. The Hall–Kier alpha value is -1.51. The molecule has 3 nitrogen and oxygen atoms in total. The Morgan fingerprint density at radius 3 is 2.10 bits per heavy atom. The Labute approximate surface area is 59.3 Å². The zero-order valence-corrected chi connectivity index (χ0v) is 5.49. The van der Waals surface area contributed by atoms with Crippen LogP contribution in [0.4, 0.5) is 0 Å². The molecular weight excluding hydrogens is 130 g/mol. The summed E-state index contributed by atoms with van der Waals surface area (Å²) >= 11 is 0. The maximum atomic E-state index is 9.11. The molecule has 0 radical (unpaired) electrons. The van der Waals surface area contributed by atoms with Gasteiger partial charge in [-0.1, -0.05) is 6.58 Å². The fourth-order valence-corrected chi connectivity index (χ4v) is 0.317. The van der Waals surface area contributed by atoms with E-state index >= 15 is 0 Å². The van der Waals surface area contributed by atoms with Crippen LogP contribution in [0.1, 0.15) is 0 Å². The zero-order valence-electron chi connectivity index (χ0n) is 5.49. The molecule has 3 heteroatoms. The predicted molar refractivity (Wildman–Crippen MR) is 38.1 cm³/mol. The third kappa shape index (κ3) is 6.49. The van der Waals surface area contributed by atoms with Crippen LogP contribution in [0.2, 0.25) is 0 Å². The van der Waals surface area contributed by atoms with Crippen molar-refractivity contribution in [2.75, 3.05) is 0 Å². The van der Waals surface area contributed by atoms with Gasteiger partial charge in [-0.15, -0.1) is 0 Å². The fourth-order valence-electron chi connectivity index (χ4n) is 0.317. The molecule has 1 aromatic heterocycles. The highest BCUT2D eigenvalue weighted by Crippen LogP contribution is 1.72. The number of carbonyl (C=O) groups is 1. The van der Waals surface area contributed by atoms with Crippen LogP contribution < -0.4 is 0 Å². The molecule has 1 rings (SSSR count). The average molecular weight is 139 g/mol. The van der Waals surface area contributed by atoms with Gasteiger partial charge in [-0.2, -0.15) is 0 Å². The molecule has 0 amide bonds. The first kappa shape index (κ1) is 8.49. The summed E-state index contributed by atoms with van der Waals surface area (Å²) in [5.74, 6) is 0. The Morgan fingerprint density at radius 2 is 2.00 bits per heavy atom. The van der Waals surface area contributed by atoms with Crippen LogP contribution in [0.3, 0.4) is 0 Å². The molecule has 0 saturated carbocycles. The first-order valence-electron chi connectivity index (χ1n) is 2.69. The number of carbonyl (C=O) groups excluding carboxylic acids is 1. The van der Waals surface area contributed by atoms with Gasteiger partial charge in [-0.25, -0.2) is 0 Å². The highest BCUT2D eigenvalue weighted by atomic mass is 16.5. The average Bonchev–Trinajstić information content (AvgIpc) is 2.44. The third-order valence-electron chi connectivity index (χ3n) is 0.648. The van der Waals surface area contributed by atoms with Gasteiger partial charge in [0.15, 0.2) is 0 Å². The molecule has 0 aliphatic rings. The molecule has 1 aromatic rings. The van der Waals surface area contributed by atoms with Gasteiger partial charge >= 0.3 is 0 Å². The summed E-state index contributed by atoms with van der Waals surface area (Å²) < 4.78 is 3.92. The second-order valence-corrected chi connectivity index (χ2v) is 1.28. The van der Waals surface area contributed by atoms with Crippen LogP contribution in [0.15, 0.2) is 37.4 Å². The Balaban J connectivity index is 0.000000162. The topological polar surface area (TPSA) is 42.1 Å². The minimum Gasteiger partial charge on any atom is -0.437 e. The van der Waals surface area contributed by atoms with Crippen LogP contribution in [0, 0.1) is 0 Å². The number of aromatic nitrogens is 1. The number of ether oxygens (including phenoxy) is 1. The van der Waals surface area contributed by atoms with Crippen molar-refractivity contribution in [3.8, 4) is 0 Å². The van der Waals surface area contributed by atoms with E-state index in [1.807, 2.05) is 24.5 Å². The summed E-state index contributed by atoms with van der Waals surface area (Å²) in [4.78, 5) is 12.0. The third-order valence-corrected chi connectivity index (χ3v) is 0.648. The van der Waals surface area contributed by atoms with E-state index in [4.69, 9.17) is 4.79 Å². The van der Waals surface area contributed by atoms with Crippen molar-refractivity contribution in [1.82, 2.24) is 4.98 Å². The molecule has 0 unspecified atom stereocenters. The Bertz CT molecular complexity index is 135. The van der Waals surface area contributed by atoms with Crippen molar-refractivity contribution >= 4 is 6.47 Å². The van der Waals surface area contributed by atoms with Crippen molar-refractivity contribution in [3.63, 3.8) is 0 Å². The molecule has 0 spiro atoms. The van der Waals surface area contributed by atoms with Crippen LogP contribution in [0.5, 0.6) is 0 Å². The minimum atomic E-state index is 0.312. The van der Waals surface area contributed by atoms with Gasteiger partial charge in [-0.3, -0.25) is 4.79 Å². The minimum absolute atomic E-state index is 0.312. The molecule has 0 saturated heterocycles. The smallest absolute Gasteiger partial charge is 0.297 e. The standard InChI is InChI=1S/C4H5N.C3H4O2/c1-2-4-5-3-1;1-2-5-3-4/h1-5H;2-3H,1H2. The van der Waals surface area contributed by atoms with Crippen LogP contribution in [0.25, 0.3) is 0 Å². The molecule has 0 bridgehead atoms. The van der Waals surface area contributed by atoms with Gasteiger partial charge in [0.1, 0.15) is 0 Å². The number of hydrogen-bond donors (Lipinski definition) is 1. The summed E-state index contributed by atoms with van der Waals surface area (Å²) in [5.41, 5.74) is 0. The fraction of sp³-hybridized carbons (Fsp3) is 0. The molecule has 10 heavy (non-hydrogen) atoms. The molecule has 54 valence electrons. The van der Waals surface area contributed by atoms with E-state index in [9.17, 15) is 0 Å². The maximum absolute atomic E-state index is 9.11. The number of nitrogens with one attached hydrogen (secondary N) is 1. The van der Waals surface area contributed by atoms with Gasteiger partial charge in [0, 0.05) is 12.4 Å². The lowest BCUT2D eigenvalue weighted by Gasteiger charge is -1.71. The summed E-state index contributed by atoms with van der Waals surface area (Å²) in [6, 6.07) is 3.89. The van der Waals surface area contributed by atoms with Gasteiger partial charge < -0.3 is 9.72 Å². The second-order valence-electron chi connectivity index (χ2n) is 1.28. The van der Waals surface area contributed by atoms with E-state index in [-0.39, 0.29) is 0 Å². The lowest BCUT2D eigenvalue weighted by atomic mass is 10.7. The summed E-state index contributed by atoms with van der Waals surface area (Å²) in [7, 11) is 0. The number of hydrogen-bond acceptors (Lipinski definition) is 2. The predicted octanol–water partition coefficient (Wildman–Crippen LogP) is 1.32. The number of H-pyrrole nitrogens is 1. The SMILES string of the molecule is C=COC=O.c1cc[nH]c1. The highest BCUT2D eigenvalue weighted by molar-refractivity contribution is 5.37. The summed E-state index contributed by atoms with van der Waals surface area (Å²) in [6.07, 6.45) is 4.81. The molecule has 0 fully saturated rings. The first-order valence-corrected chi connectivity index (χ1v) is 2.69. The lowest BCUT2D eigenvalue weighted by Crippen LogP contribution is -1.66. The molecule has 0 aliphatic carbocycles. The van der Waals surface area contributed by atoms with E-state index in [1.54, 1.807) is 0 Å². The van der Waals surface area contributed by atoms with E-state index in [1.165, 1.54) is 0 Å². The largest absolute Gasteiger partial charge is 0.437 e. The maximum Gasteiger partial charge on any atom is 0.297 e. The van der Waals surface area contributed by atoms with Crippen molar-refractivity contribution in [2.24, 2.45) is 0 Å². The Kier molecular flexibility index (Phi) is 6.36. The summed E-state index contributed by atoms with van der Waals surface area (Å²) in [6.45, 7) is 3.41. The van der Waals surface area contributed by atoms with Crippen LogP contribution in [-0.2, 0) is 9.53 Å². The molecule has 0 atom stereocenters.